The van der Waals surface area contributed by atoms with Crippen molar-refractivity contribution < 1.29 is 14.4 Å². The second-order valence-corrected chi connectivity index (χ2v) is 8.93. The third-order valence-corrected chi connectivity index (χ3v) is 7.10. The van der Waals surface area contributed by atoms with Gasteiger partial charge in [0.15, 0.2) is 5.78 Å². The van der Waals surface area contributed by atoms with E-state index in [0.29, 0.717) is 17.0 Å². The predicted molar refractivity (Wildman–Crippen MR) is 120 cm³/mol. The van der Waals surface area contributed by atoms with Gasteiger partial charge in [-0.2, -0.15) is 0 Å². The molecule has 158 valence electrons. The summed E-state index contributed by atoms with van der Waals surface area (Å²) in [6.45, 7) is 3.84. The molecule has 0 aliphatic carbocycles. The molecule has 0 aromatic heterocycles. The Hall–Kier alpha value is -2.92. The van der Waals surface area contributed by atoms with E-state index in [1.165, 1.54) is 4.90 Å². The average Bonchev–Trinajstić information content (AvgIpc) is 3.26. The summed E-state index contributed by atoms with van der Waals surface area (Å²) < 4.78 is 0. The van der Waals surface area contributed by atoms with E-state index in [-0.39, 0.29) is 29.7 Å². The Morgan fingerprint density at radius 3 is 2.48 bits per heavy atom. The number of benzene rings is 2. The molecular weight excluding hydrogens is 412 g/mol. The Balaban J connectivity index is 1.66. The zero-order chi connectivity index (χ0) is 21.9. The van der Waals surface area contributed by atoms with Crippen molar-refractivity contribution in [1.82, 2.24) is 4.90 Å². The van der Waals surface area contributed by atoms with Gasteiger partial charge in [-0.15, -0.1) is 0 Å². The van der Waals surface area contributed by atoms with Crippen molar-refractivity contribution in [3.05, 3.63) is 70.8 Å². The first-order valence-corrected chi connectivity index (χ1v) is 11.0. The number of amides is 2. The lowest BCUT2D eigenvalue weighted by Gasteiger charge is -2.37. The number of halogens is 1. The Labute approximate surface area is 186 Å². The van der Waals surface area contributed by atoms with Crippen molar-refractivity contribution in [3.8, 4) is 0 Å². The molecule has 0 spiro atoms. The quantitative estimate of drug-likeness (QED) is 0.534. The van der Waals surface area contributed by atoms with Gasteiger partial charge in [0.05, 0.1) is 17.9 Å². The summed E-state index contributed by atoms with van der Waals surface area (Å²) in [5.41, 5.74) is 2.25. The number of Topliss-reactive ketones (excluding diaryl/α,β-unsaturated/α-hetero) is 1. The number of carbonyl (C=O) groups is 3. The molecule has 2 aromatic rings. The fourth-order valence-corrected chi connectivity index (χ4v) is 5.44. The van der Waals surface area contributed by atoms with E-state index in [0.717, 1.165) is 11.3 Å². The van der Waals surface area contributed by atoms with Crippen LogP contribution in [0.25, 0.3) is 6.08 Å². The van der Waals surface area contributed by atoms with E-state index in [4.69, 9.17) is 11.6 Å². The minimum atomic E-state index is -0.743. The third-order valence-electron chi connectivity index (χ3n) is 6.86. The topological polar surface area (TPSA) is 57.7 Å². The molecule has 5 nitrogen and oxygen atoms in total. The largest absolute Gasteiger partial charge is 0.352 e. The lowest BCUT2D eigenvalue weighted by molar-refractivity contribution is -0.142. The van der Waals surface area contributed by atoms with E-state index in [1.54, 1.807) is 18.2 Å². The van der Waals surface area contributed by atoms with Gasteiger partial charge in [0, 0.05) is 22.3 Å². The first-order chi connectivity index (χ1) is 14.9. The molecule has 6 heteroatoms. The molecule has 0 bridgehead atoms. The third kappa shape index (κ3) is 2.87. The van der Waals surface area contributed by atoms with Crippen molar-refractivity contribution in [2.24, 2.45) is 11.8 Å². The van der Waals surface area contributed by atoms with Crippen molar-refractivity contribution >= 4 is 41.0 Å². The van der Waals surface area contributed by atoms with Crippen LogP contribution in [0.5, 0.6) is 0 Å². The number of hydrogen-bond donors (Lipinski definition) is 0. The fourth-order valence-electron chi connectivity index (χ4n) is 5.26. The Morgan fingerprint density at radius 1 is 1.06 bits per heavy atom. The monoisotopic (exact) mass is 434 g/mol. The van der Waals surface area contributed by atoms with Crippen LogP contribution in [0.15, 0.2) is 54.6 Å². The van der Waals surface area contributed by atoms with Gasteiger partial charge >= 0.3 is 0 Å². The highest BCUT2D eigenvalue weighted by molar-refractivity contribution is 6.30. The number of carbonyl (C=O) groups excluding carboxylic acids is 3. The molecule has 3 aliphatic rings. The zero-order valence-corrected chi connectivity index (χ0v) is 18.1. The SMILES string of the molecule is CCC(C)N1C(=O)C2C(C1=O)C(C(=O)c1ccccc1)N1c3ccc(Cl)cc3C=CC21. The molecule has 0 radical (unpaired) electrons. The van der Waals surface area contributed by atoms with Gasteiger partial charge in [-0.3, -0.25) is 19.3 Å². The summed E-state index contributed by atoms with van der Waals surface area (Å²) in [5, 5.41) is 0.599. The molecular formula is C25H23ClN2O3. The lowest BCUT2D eigenvalue weighted by Crippen LogP contribution is -2.50. The summed E-state index contributed by atoms with van der Waals surface area (Å²) >= 11 is 6.19. The minimum absolute atomic E-state index is 0.138. The highest BCUT2D eigenvalue weighted by Gasteiger charge is 2.64. The van der Waals surface area contributed by atoms with Crippen LogP contribution in [-0.4, -0.2) is 40.6 Å². The summed E-state index contributed by atoms with van der Waals surface area (Å²) in [6.07, 6.45) is 4.57. The highest BCUT2D eigenvalue weighted by atomic mass is 35.5. The summed E-state index contributed by atoms with van der Waals surface area (Å²) in [5.74, 6) is -1.83. The van der Waals surface area contributed by atoms with Crippen LogP contribution >= 0.6 is 11.6 Å². The standard InChI is InChI=1S/C25H23ClN2O3/c1-3-14(2)27-24(30)20-19-11-9-16-13-17(26)10-12-18(16)28(19)22(21(20)25(27)31)23(29)15-7-5-4-6-8-15/h4-14,19-22H,3H2,1-2H3. The number of ketones is 1. The molecule has 0 N–H and O–H groups in total. The number of imide groups is 1. The molecule has 3 heterocycles. The second-order valence-electron chi connectivity index (χ2n) is 8.49. The van der Waals surface area contributed by atoms with Gasteiger partial charge in [-0.05, 0) is 37.1 Å². The number of fused-ring (bicyclic) bond motifs is 5. The van der Waals surface area contributed by atoms with Crippen LogP contribution < -0.4 is 4.90 Å². The van der Waals surface area contributed by atoms with Crippen molar-refractivity contribution in [2.45, 2.75) is 38.4 Å². The van der Waals surface area contributed by atoms with E-state index < -0.39 is 17.9 Å². The predicted octanol–water partition coefficient (Wildman–Crippen LogP) is 4.21. The maximum Gasteiger partial charge on any atom is 0.236 e. The number of hydrogen-bond acceptors (Lipinski definition) is 4. The first kappa shape index (κ1) is 20.0. The van der Waals surface area contributed by atoms with E-state index in [1.807, 2.05) is 61.2 Å². The lowest BCUT2D eigenvalue weighted by atomic mass is 9.86. The molecule has 5 atom stereocenters. The van der Waals surface area contributed by atoms with Crippen molar-refractivity contribution in [2.75, 3.05) is 4.90 Å². The van der Waals surface area contributed by atoms with E-state index in [9.17, 15) is 14.4 Å². The molecule has 31 heavy (non-hydrogen) atoms. The van der Waals surface area contributed by atoms with Gasteiger partial charge in [0.25, 0.3) is 0 Å². The molecule has 2 aromatic carbocycles. The molecule has 3 aliphatic heterocycles. The molecule has 2 amide bonds. The zero-order valence-electron chi connectivity index (χ0n) is 17.4. The minimum Gasteiger partial charge on any atom is -0.352 e. The molecule has 5 unspecified atom stereocenters. The van der Waals surface area contributed by atoms with Crippen LogP contribution in [-0.2, 0) is 9.59 Å². The summed E-state index contributed by atoms with van der Waals surface area (Å²) in [7, 11) is 0. The van der Waals surface area contributed by atoms with Gasteiger partial charge in [-0.1, -0.05) is 61.0 Å². The number of likely N-dealkylation sites (tertiary alicyclic amines) is 1. The normalized spacial score (nSPS) is 27.2. The first-order valence-electron chi connectivity index (χ1n) is 10.7. The van der Waals surface area contributed by atoms with Crippen LogP contribution in [0.3, 0.4) is 0 Å². The van der Waals surface area contributed by atoms with Crippen LogP contribution in [0.2, 0.25) is 5.02 Å². The Bertz CT molecular complexity index is 1110. The van der Waals surface area contributed by atoms with Crippen molar-refractivity contribution in [3.63, 3.8) is 0 Å². The van der Waals surface area contributed by atoms with Crippen LogP contribution in [0, 0.1) is 11.8 Å². The molecule has 2 fully saturated rings. The van der Waals surface area contributed by atoms with E-state index >= 15 is 0 Å². The number of anilines is 1. The molecule has 0 saturated carbocycles. The average molecular weight is 435 g/mol. The smallest absolute Gasteiger partial charge is 0.236 e. The number of rotatable bonds is 4. The van der Waals surface area contributed by atoms with Gasteiger partial charge < -0.3 is 4.90 Å². The molecule has 2 saturated heterocycles. The van der Waals surface area contributed by atoms with Crippen molar-refractivity contribution in [1.29, 1.82) is 0 Å². The highest BCUT2D eigenvalue weighted by Crippen LogP contribution is 2.49. The Morgan fingerprint density at radius 2 is 1.77 bits per heavy atom. The van der Waals surface area contributed by atoms with Gasteiger partial charge in [0.2, 0.25) is 11.8 Å². The number of nitrogens with zero attached hydrogens (tertiary/aromatic N) is 2. The van der Waals surface area contributed by atoms with Gasteiger partial charge in [-0.25, -0.2) is 0 Å². The second kappa shape index (κ2) is 7.34. The maximum atomic E-state index is 13.7. The Kier molecular flexibility index (Phi) is 4.74. The summed E-state index contributed by atoms with van der Waals surface area (Å²) in [4.78, 5) is 44.1. The van der Waals surface area contributed by atoms with Gasteiger partial charge in [0.1, 0.15) is 6.04 Å². The fraction of sp³-hybridized carbons (Fsp3) is 0.320. The van der Waals surface area contributed by atoms with Crippen LogP contribution in [0.1, 0.15) is 36.2 Å². The summed E-state index contributed by atoms with van der Waals surface area (Å²) in [6, 6.07) is 13.2. The molecule has 5 rings (SSSR count). The maximum absolute atomic E-state index is 13.7. The van der Waals surface area contributed by atoms with E-state index in [2.05, 4.69) is 0 Å². The van der Waals surface area contributed by atoms with Crippen LogP contribution in [0.4, 0.5) is 5.69 Å².